The second kappa shape index (κ2) is 10.4. The summed E-state index contributed by atoms with van der Waals surface area (Å²) in [6.07, 6.45) is 1.33. The van der Waals surface area contributed by atoms with Crippen LogP contribution in [0.5, 0.6) is 0 Å². The summed E-state index contributed by atoms with van der Waals surface area (Å²) in [4.78, 5) is 43.1. The second-order valence-electron chi connectivity index (χ2n) is 10.8. The predicted octanol–water partition coefficient (Wildman–Crippen LogP) is 5.12. The average molecular weight is 596 g/mol. The molecule has 1 spiro atoms. The summed E-state index contributed by atoms with van der Waals surface area (Å²) in [7, 11) is 0. The first-order valence-corrected chi connectivity index (χ1v) is 13.4. The maximum atomic E-state index is 15.8. The molecule has 1 fully saturated rings. The van der Waals surface area contributed by atoms with Gasteiger partial charge in [-0.15, -0.1) is 0 Å². The van der Waals surface area contributed by atoms with Gasteiger partial charge in [0.05, 0.1) is 34.4 Å². The highest BCUT2D eigenvalue weighted by Crippen LogP contribution is 2.57. The molecule has 41 heavy (non-hydrogen) atoms. The van der Waals surface area contributed by atoms with E-state index in [0.29, 0.717) is 16.3 Å². The van der Waals surface area contributed by atoms with Gasteiger partial charge in [0.15, 0.2) is 0 Å². The predicted molar refractivity (Wildman–Crippen MR) is 150 cm³/mol. The molecule has 5 rings (SSSR count). The Labute approximate surface area is 244 Å². The molecule has 0 saturated carbocycles. The number of nitrogens with zero attached hydrogens (tertiary/aromatic N) is 2. The zero-order valence-corrected chi connectivity index (χ0v) is 23.3. The van der Waals surface area contributed by atoms with Crippen LogP contribution in [-0.2, 0) is 15.0 Å². The van der Waals surface area contributed by atoms with E-state index < -0.39 is 52.4 Å². The van der Waals surface area contributed by atoms with Gasteiger partial charge in [0.2, 0.25) is 11.8 Å². The molecule has 4 N–H and O–H groups in total. The Morgan fingerprint density at radius 3 is 2.63 bits per heavy atom. The molecule has 1 saturated heterocycles. The van der Waals surface area contributed by atoms with Gasteiger partial charge in [-0.05, 0) is 61.7 Å². The van der Waals surface area contributed by atoms with Crippen molar-refractivity contribution in [2.24, 2.45) is 5.41 Å². The van der Waals surface area contributed by atoms with Crippen molar-refractivity contribution in [3.8, 4) is 6.07 Å². The van der Waals surface area contributed by atoms with Crippen LogP contribution in [0.3, 0.4) is 0 Å². The largest absolute Gasteiger partial charge is 0.477 e. The van der Waals surface area contributed by atoms with Crippen LogP contribution in [0.15, 0.2) is 54.7 Å². The van der Waals surface area contributed by atoms with Crippen LogP contribution in [0.1, 0.15) is 47.8 Å². The van der Waals surface area contributed by atoms with Crippen LogP contribution in [0.2, 0.25) is 10.0 Å². The van der Waals surface area contributed by atoms with Gasteiger partial charge in [-0.2, -0.15) is 5.26 Å². The minimum Gasteiger partial charge on any atom is -0.477 e. The van der Waals surface area contributed by atoms with E-state index in [1.807, 2.05) is 0 Å². The molecule has 3 heterocycles. The van der Waals surface area contributed by atoms with Crippen LogP contribution in [0, 0.1) is 22.6 Å². The molecule has 210 valence electrons. The number of carboxylic acid groups (broad SMARTS) is 1. The highest BCUT2D eigenvalue weighted by molar-refractivity contribution is 6.31. The molecular weight excluding hydrogens is 572 g/mol. The van der Waals surface area contributed by atoms with Crippen LogP contribution in [-0.4, -0.2) is 40.0 Å². The summed E-state index contributed by atoms with van der Waals surface area (Å²) in [6, 6.07) is 12.2. The van der Waals surface area contributed by atoms with E-state index in [1.165, 1.54) is 30.5 Å². The van der Waals surface area contributed by atoms with Crippen molar-refractivity contribution in [2.75, 3.05) is 10.6 Å². The third-order valence-electron chi connectivity index (χ3n) is 7.67. The summed E-state index contributed by atoms with van der Waals surface area (Å²) in [5, 5.41) is 28.1. The van der Waals surface area contributed by atoms with Gasteiger partial charge in [-0.1, -0.05) is 41.4 Å². The van der Waals surface area contributed by atoms with Gasteiger partial charge in [0, 0.05) is 22.7 Å². The third-order valence-corrected chi connectivity index (χ3v) is 8.20. The topological polar surface area (TPSA) is 144 Å². The van der Waals surface area contributed by atoms with E-state index in [0.717, 1.165) is 0 Å². The molecule has 3 aromatic rings. The highest BCUT2D eigenvalue weighted by Gasteiger charge is 2.66. The fourth-order valence-corrected chi connectivity index (χ4v) is 6.26. The van der Waals surface area contributed by atoms with Gasteiger partial charge in [-0.3, -0.25) is 9.59 Å². The number of halogens is 3. The first-order valence-electron chi connectivity index (χ1n) is 12.6. The van der Waals surface area contributed by atoms with E-state index in [4.69, 9.17) is 28.3 Å². The Hall–Kier alpha value is -4.04. The summed E-state index contributed by atoms with van der Waals surface area (Å²) >= 11 is 12.4. The van der Waals surface area contributed by atoms with Crippen LogP contribution in [0.4, 0.5) is 15.8 Å². The number of amides is 2. The molecule has 0 unspecified atom stereocenters. The molecule has 12 heteroatoms. The van der Waals surface area contributed by atoms with E-state index in [1.54, 1.807) is 38.1 Å². The van der Waals surface area contributed by atoms with Crippen molar-refractivity contribution in [1.82, 2.24) is 10.3 Å². The minimum absolute atomic E-state index is 0.0414. The summed E-state index contributed by atoms with van der Waals surface area (Å²) in [5.41, 5.74) is -1.51. The number of nitrogens with one attached hydrogen (secondary N) is 3. The van der Waals surface area contributed by atoms with Gasteiger partial charge in [0.1, 0.15) is 16.9 Å². The number of aromatic carboxylic acids is 1. The molecular formula is C29H24Cl2FN5O4. The van der Waals surface area contributed by atoms with Crippen LogP contribution < -0.4 is 16.0 Å². The van der Waals surface area contributed by atoms with Gasteiger partial charge in [0.25, 0.3) is 0 Å². The van der Waals surface area contributed by atoms with Gasteiger partial charge in [-0.25, -0.2) is 14.2 Å². The maximum absolute atomic E-state index is 15.8. The Morgan fingerprint density at radius 2 is 1.98 bits per heavy atom. The number of aromatic nitrogens is 1. The number of nitriles is 1. The van der Waals surface area contributed by atoms with Crippen molar-refractivity contribution in [3.05, 3.63) is 87.4 Å². The lowest BCUT2D eigenvalue weighted by Crippen LogP contribution is -2.50. The number of carbonyl (C=O) groups is 3. The number of hydrogen-bond donors (Lipinski definition) is 4. The third kappa shape index (κ3) is 4.80. The smallest absolute Gasteiger partial charge is 0.354 e. The molecule has 2 aliphatic rings. The van der Waals surface area contributed by atoms with Gasteiger partial charge < -0.3 is 21.1 Å². The molecule has 9 nitrogen and oxygen atoms in total. The van der Waals surface area contributed by atoms with E-state index >= 15 is 4.39 Å². The lowest BCUT2D eigenvalue weighted by molar-refractivity contribution is -0.122. The zero-order valence-electron chi connectivity index (χ0n) is 21.8. The minimum atomic E-state index is -1.53. The molecule has 0 aliphatic carbocycles. The van der Waals surface area contributed by atoms with Crippen molar-refractivity contribution >= 4 is 52.4 Å². The number of anilines is 2. The number of hydrogen-bond acceptors (Lipinski definition) is 6. The Balaban J connectivity index is 1.70. The SMILES string of the molecule is CC(C)(C#N)C[C@@H]1N[C@@H](C(=O)Nc2ccc(C(=O)O)nc2)[C@H](c2cccc(Cl)c2F)[C@]12C(=O)Nc1cc(Cl)ccc12. The lowest BCUT2D eigenvalue weighted by atomic mass is 9.62. The molecule has 2 amide bonds. The number of carboxylic acids is 1. The number of rotatable bonds is 6. The Kier molecular flexibility index (Phi) is 7.24. The fraction of sp³-hybridized carbons (Fsp3) is 0.276. The van der Waals surface area contributed by atoms with Crippen molar-refractivity contribution < 1.29 is 23.9 Å². The van der Waals surface area contributed by atoms with E-state index in [9.17, 15) is 19.6 Å². The standard InChI is InChI=1S/C29H24Cl2FN5O4/c1-28(2,13-33)11-21-29(17-8-6-14(30)10-20(17)36-27(29)41)22(16-4-3-5-18(31)23(16)32)24(37-21)25(38)35-15-7-9-19(26(39)40)34-12-15/h3-10,12,21-22,24,37H,11H2,1-2H3,(H,35,38)(H,36,41)(H,39,40)/t21-,22-,24+,29+/m0/s1. The van der Waals surface area contributed by atoms with Crippen molar-refractivity contribution in [3.63, 3.8) is 0 Å². The maximum Gasteiger partial charge on any atom is 0.354 e. The molecule has 4 atom stereocenters. The van der Waals surface area contributed by atoms with E-state index in [2.05, 4.69) is 27.0 Å². The normalized spacial score (nSPS) is 23.1. The summed E-state index contributed by atoms with van der Waals surface area (Å²) in [5.74, 6) is -4.22. The molecule has 2 aliphatic heterocycles. The molecule has 0 bridgehead atoms. The highest BCUT2D eigenvalue weighted by atomic mass is 35.5. The molecule has 2 aromatic carbocycles. The van der Waals surface area contributed by atoms with Gasteiger partial charge >= 0.3 is 5.97 Å². The lowest BCUT2D eigenvalue weighted by Gasteiger charge is -2.37. The van der Waals surface area contributed by atoms with E-state index in [-0.39, 0.29) is 28.4 Å². The van der Waals surface area contributed by atoms with Crippen molar-refractivity contribution in [1.29, 1.82) is 5.26 Å². The first-order chi connectivity index (χ1) is 19.4. The molecule has 0 radical (unpaired) electrons. The Morgan fingerprint density at radius 1 is 1.22 bits per heavy atom. The quantitative estimate of drug-likeness (QED) is 0.309. The monoisotopic (exact) mass is 595 g/mol. The fourth-order valence-electron chi connectivity index (χ4n) is 5.91. The zero-order chi connectivity index (χ0) is 29.7. The van der Waals surface area contributed by atoms with Crippen molar-refractivity contribution in [2.45, 2.75) is 43.7 Å². The summed E-state index contributed by atoms with van der Waals surface area (Å²) in [6.45, 7) is 3.44. The Bertz CT molecular complexity index is 1620. The number of carbonyl (C=O) groups excluding carboxylic acids is 2. The van der Waals surface area contributed by atoms with Crippen LogP contribution in [0.25, 0.3) is 0 Å². The number of fused-ring (bicyclic) bond motifs is 2. The average Bonchev–Trinajstić information content (AvgIpc) is 3.40. The first kappa shape index (κ1) is 28.5. The molecule has 1 aromatic heterocycles. The second-order valence-corrected chi connectivity index (χ2v) is 11.6. The number of benzene rings is 2. The summed E-state index contributed by atoms with van der Waals surface area (Å²) < 4.78 is 15.8. The number of pyridine rings is 1. The van der Waals surface area contributed by atoms with Crippen LogP contribution >= 0.6 is 23.2 Å².